The number of anilines is 1. The second-order valence-corrected chi connectivity index (χ2v) is 7.74. The Labute approximate surface area is 165 Å². The van der Waals surface area contributed by atoms with Gasteiger partial charge in [0.25, 0.3) is 0 Å². The number of pyridine rings is 1. The van der Waals surface area contributed by atoms with Gasteiger partial charge in [-0.3, -0.25) is 14.7 Å². The molecule has 1 saturated heterocycles. The highest BCUT2D eigenvalue weighted by Crippen LogP contribution is 2.24. The number of nitrogens with one attached hydrogen (secondary N) is 1. The van der Waals surface area contributed by atoms with Crippen LogP contribution in [-0.4, -0.2) is 45.1 Å². The molecule has 0 unspecified atom stereocenters. The number of aryl methyl sites for hydroxylation is 1. The van der Waals surface area contributed by atoms with Crippen molar-refractivity contribution in [1.82, 2.24) is 19.7 Å². The van der Waals surface area contributed by atoms with E-state index in [2.05, 4.69) is 56.1 Å². The largest absolute Gasteiger partial charge is 0.339 e. The molecular formula is C22H26N6. The van der Waals surface area contributed by atoms with Crippen LogP contribution in [0.25, 0.3) is 10.9 Å². The molecule has 6 nitrogen and oxygen atoms in total. The number of nitrogens with zero attached hydrogens (tertiary/aromatic N) is 5. The number of aromatic nitrogens is 3. The van der Waals surface area contributed by atoms with Gasteiger partial charge in [-0.25, -0.2) is 0 Å². The van der Waals surface area contributed by atoms with Crippen molar-refractivity contribution in [3.8, 4) is 0 Å². The number of likely N-dealkylation sites (tertiary alicyclic amines) is 1. The normalized spacial score (nSPS) is 17.0. The van der Waals surface area contributed by atoms with Crippen LogP contribution in [-0.2, 0) is 13.1 Å². The molecule has 4 heterocycles. The fraction of sp³-hybridized carbons (Fsp3) is 0.409. The number of aliphatic imine (C=N–C) groups is 1. The van der Waals surface area contributed by atoms with E-state index < -0.39 is 0 Å². The smallest absolute Gasteiger partial charge is 0.152 e. The first-order valence-corrected chi connectivity index (χ1v) is 10.2. The van der Waals surface area contributed by atoms with Crippen molar-refractivity contribution < 1.29 is 0 Å². The van der Waals surface area contributed by atoms with E-state index in [0.29, 0.717) is 6.54 Å². The predicted molar refractivity (Wildman–Crippen MR) is 113 cm³/mol. The first-order valence-electron chi connectivity index (χ1n) is 10.2. The lowest BCUT2D eigenvalue weighted by atomic mass is 10.1. The molecule has 6 heteroatoms. The molecule has 0 saturated carbocycles. The van der Waals surface area contributed by atoms with E-state index in [1.165, 1.54) is 48.8 Å². The number of rotatable bonds is 4. The third kappa shape index (κ3) is 3.29. The molecule has 0 bridgehead atoms. The molecule has 0 radical (unpaired) electrons. The summed E-state index contributed by atoms with van der Waals surface area (Å²) in [5.74, 6) is 0.852. The molecule has 5 rings (SSSR count). The minimum Gasteiger partial charge on any atom is -0.339 e. The molecule has 2 aliphatic rings. The van der Waals surface area contributed by atoms with Crippen molar-refractivity contribution in [2.45, 2.75) is 39.3 Å². The molecule has 1 aromatic carbocycles. The maximum Gasteiger partial charge on any atom is 0.152 e. The number of fused-ring (bicyclic) bond motifs is 2. The fourth-order valence-electron chi connectivity index (χ4n) is 4.26. The van der Waals surface area contributed by atoms with Crippen LogP contribution in [0.4, 0.5) is 5.69 Å². The van der Waals surface area contributed by atoms with Gasteiger partial charge in [-0.15, -0.1) is 0 Å². The zero-order valence-corrected chi connectivity index (χ0v) is 16.4. The van der Waals surface area contributed by atoms with Crippen LogP contribution in [0.1, 0.15) is 36.2 Å². The van der Waals surface area contributed by atoms with Gasteiger partial charge < -0.3 is 10.2 Å². The third-order valence-corrected chi connectivity index (χ3v) is 5.80. The minimum absolute atomic E-state index is 0.696. The SMILES string of the molecule is Cc1nn(CCN2CCCCC2)c2ccc(NC3=NCc4cccnc43)cc12. The Balaban J connectivity index is 1.34. The quantitative estimate of drug-likeness (QED) is 0.758. The molecule has 2 aliphatic heterocycles. The second kappa shape index (κ2) is 7.36. The molecule has 0 atom stereocenters. The molecular weight excluding hydrogens is 348 g/mol. The summed E-state index contributed by atoms with van der Waals surface area (Å²) in [6.45, 7) is 7.26. The first-order chi connectivity index (χ1) is 13.8. The van der Waals surface area contributed by atoms with Gasteiger partial charge in [0.1, 0.15) is 5.69 Å². The highest BCUT2D eigenvalue weighted by Gasteiger charge is 2.17. The third-order valence-electron chi connectivity index (χ3n) is 5.80. The average Bonchev–Trinajstić information content (AvgIpc) is 3.28. The standard InChI is InChI=1S/C22H26N6/c1-16-19-14-18(25-22-21-17(15-24-22)6-5-9-23-21)7-8-20(19)28(26-16)13-12-27-10-3-2-4-11-27/h5-9,14H,2-4,10-13,15H2,1H3,(H,24,25). The summed E-state index contributed by atoms with van der Waals surface area (Å²) >= 11 is 0. The fourth-order valence-corrected chi connectivity index (χ4v) is 4.26. The second-order valence-electron chi connectivity index (χ2n) is 7.74. The zero-order chi connectivity index (χ0) is 18.9. The lowest BCUT2D eigenvalue weighted by molar-refractivity contribution is 0.219. The number of piperidine rings is 1. The van der Waals surface area contributed by atoms with Crippen LogP contribution in [0.2, 0.25) is 0 Å². The van der Waals surface area contributed by atoms with Gasteiger partial charge >= 0.3 is 0 Å². The van der Waals surface area contributed by atoms with Crippen molar-refractivity contribution >= 4 is 22.4 Å². The van der Waals surface area contributed by atoms with E-state index in [-0.39, 0.29) is 0 Å². The molecule has 2 aromatic heterocycles. The highest BCUT2D eigenvalue weighted by atomic mass is 15.3. The summed E-state index contributed by atoms with van der Waals surface area (Å²) < 4.78 is 2.16. The Bertz CT molecular complexity index is 1030. The summed E-state index contributed by atoms with van der Waals surface area (Å²) in [5, 5.41) is 9.45. The highest BCUT2D eigenvalue weighted by molar-refractivity contribution is 6.09. The molecule has 3 aromatic rings. The Morgan fingerprint density at radius 2 is 1.96 bits per heavy atom. The summed E-state index contributed by atoms with van der Waals surface area (Å²) in [6.07, 6.45) is 5.86. The van der Waals surface area contributed by atoms with Gasteiger partial charge in [0, 0.05) is 29.4 Å². The summed E-state index contributed by atoms with van der Waals surface area (Å²) in [4.78, 5) is 11.6. The molecule has 0 aliphatic carbocycles. The zero-order valence-electron chi connectivity index (χ0n) is 16.4. The van der Waals surface area contributed by atoms with Crippen LogP contribution in [0.5, 0.6) is 0 Å². The Morgan fingerprint density at radius 1 is 1.07 bits per heavy atom. The number of benzene rings is 1. The molecule has 1 fully saturated rings. The van der Waals surface area contributed by atoms with Gasteiger partial charge in [0.2, 0.25) is 0 Å². The van der Waals surface area contributed by atoms with Crippen LogP contribution < -0.4 is 5.32 Å². The Hall–Kier alpha value is -2.73. The Morgan fingerprint density at radius 3 is 2.86 bits per heavy atom. The van der Waals surface area contributed by atoms with E-state index >= 15 is 0 Å². The van der Waals surface area contributed by atoms with Crippen LogP contribution in [0.3, 0.4) is 0 Å². The summed E-state index contributed by atoms with van der Waals surface area (Å²) in [6, 6.07) is 10.5. The first kappa shape index (κ1) is 17.4. The summed E-state index contributed by atoms with van der Waals surface area (Å²) in [5.41, 5.74) is 5.43. The van der Waals surface area contributed by atoms with Crippen LogP contribution in [0, 0.1) is 6.92 Å². The number of hydrogen-bond acceptors (Lipinski definition) is 5. The van der Waals surface area contributed by atoms with Gasteiger partial charge in [-0.1, -0.05) is 12.5 Å². The van der Waals surface area contributed by atoms with Gasteiger partial charge in [-0.2, -0.15) is 5.10 Å². The van der Waals surface area contributed by atoms with Crippen molar-refractivity contribution in [2.75, 3.05) is 25.0 Å². The maximum atomic E-state index is 4.80. The van der Waals surface area contributed by atoms with Crippen molar-refractivity contribution in [2.24, 2.45) is 4.99 Å². The van der Waals surface area contributed by atoms with E-state index in [9.17, 15) is 0 Å². The van der Waals surface area contributed by atoms with E-state index in [1.54, 1.807) is 0 Å². The van der Waals surface area contributed by atoms with E-state index in [0.717, 1.165) is 36.0 Å². The number of amidine groups is 1. The van der Waals surface area contributed by atoms with Crippen LogP contribution in [0.15, 0.2) is 41.5 Å². The topological polar surface area (TPSA) is 58.3 Å². The maximum absolute atomic E-state index is 4.80. The molecule has 0 spiro atoms. The van der Waals surface area contributed by atoms with Crippen LogP contribution >= 0.6 is 0 Å². The van der Waals surface area contributed by atoms with Crippen molar-refractivity contribution in [3.63, 3.8) is 0 Å². The molecule has 144 valence electrons. The lowest BCUT2D eigenvalue weighted by Gasteiger charge is -2.26. The molecule has 0 amide bonds. The average molecular weight is 374 g/mol. The van der Waals surface area contributed by atoms with E-state index in [1.807, 2.05) is 12.3 Å². The minimum atomic E-state index is 0.696. The monoisotopic (exact) mass is 374 g/mol. The molecule has 28 heavy (non-hydrogen) atoms. The number of hydrogen-bond donors (Lipinski definition) is 1. The molecule has 1 N–H and O–H groups in total. The van der Waals surface area contributed by atoms with Gasteiger partial charge in [0.15, 0.2) is 5.84 Å². The van der Waals surface area contributed by atoms with E-state index in [4.69, 9.17) is 5.10 Å². The Kier molecular flexibility index (Phi) is 4.56. The summed E-state index contributed by atoms with van der Waals surface area (Å²) in [7, 11) is 0. The van der Waals surface area contributed by atoms with Gasteiger partial charge in [0.05, 0.1) is 24.3 Å². The van der Waals surface area contributed by atoms with Gasteiger partial charge in [-0.05, 0) is 57.1 Å². The van der Waals surface area contributed by atoms with Crippen molar-refractivity contribution in [3.05, 3.63) is 53.5 Å². The predicted octanol–water partition coefficient (Wildman–Crippen LogP) is 3.60. The lowest BCUT2D eigenvalue weighted by Crippen LogP contribution is -2.32. The van der Waals surface area contributed by atoms with Crippen molar-refractivity contribution in [1.29, 1.82) is 0 Å².